The summed E-state index contributed by atoms with van der Waals surface area (Å²) in [5.74, 6) is 0.429. The lowest BCUT2D eigenvalue weighted by Gasteiger charge is -2.09. The molecule has 0 unspecified atom stereocenters. The van der Waals surface area contributed by atoms with Crippen LogP contribution in [0.3, 0.4) is 0 Å². The van der Waals surface area contributed by atoms with Crippen LogP contribution in [0.2, 0.25) is 0 Å². The van der Waals surface area contributed by atoms with Crippen molar-refractivity contribution in [2.45, 2.75) is 25.4 Å². The molecule has 0 aliphatic carbocycles. The average Bonchev–Trinajstić information content (AvgIpc) is 3.13. The minimum Gasteiger partial charge on any atom is -0.325 e. The van der Waals surface area contributed by atoms with Gasteiger partial charge in [-0.1, -0.05) is 59.8 Å². The molecule has 0 aliphatic rings. The Morgan fingerprint density at radius 2 is 1.70 bits per heavy atom. The van der Waals surface area contributed by atoms with Crippen LogP contribution in [0.5, 0.6) is 0 Å². The first-order valence-electron chi connectivity index (χ1n) is 10.6. The molecule has 2 amide bonds. The molecule has 1 aromatic heterocycles. The van der Waals surface area contributed by atoms with Crippen LogP contribution in [0.25, 0.3) is 10.8 Å². The Kier molecular flexibility index (Phi) is 6.74. The average molecular weight is 460 g/mol. The number of anilines is 2. The van der Waals surface area contributed by atoms with Crippen LogP contribution in [0.15, 0.2) is 65.8 Å². The zero-order valence-corrected chi connectivity index (χ0v) is 19.6. The molecule has 0 saturated heterocycles. The summed E-state index contributed by atoms with van der Waals surface area (Å²) in [7, 11) is 1.79. The second-order valence-corrected chi connectivity index (χ2v) is 8.84. The van der Waals surface area contributed by atoms with Gasteiger partial charge in [-0.05, 0) is 48.4 Å². The summed E-state index contributed by atoms with van der Waals surface area (Å²) in [5, 5.41) is 16.9. The van der Waals surface area contributed by atoms with Gasteiger partial charge < -0.3 is 15.2 Å². The molecule has 8 heteroatoms. The highest BCUT2D eigenvalue weighted by atomic mass is 32.2. The Bertz CT molecular complexity index is 1330. The van der Waals surface area contributed by atoms with E-state index >= 15 is 0 Å². The Balaban J connectivity index is 1.32. The summed E-state index contributed by atoms with van der Waals surface area (Å²) in [5.41, 5.74) is 3.69. The fourth-order valence-electron chi connectivity index (χ4n) is 3.51. The van der Waals surface area contributed by atoms with Gasteiger partial charge in [0.05, 0.1) is 12.2 Å². The smallest absolute Gasteiger partial charge is 0.234 e. The number of amides is 2. The number of carbonyl (C=O) groups is 2. The van der Waals surface area contributed by atoms with Crippen LogP contribution in [0, 0.1) is 13.8 Å². The van der Waals surface area contributed by atoms with Gasteiger partial charge in [-0.3, -0.25) is 9.59 Å². The van der Waals surface area contributed by atoms with Gasteiger partial charge >= 0.3 is 0 Å². The van der Waals surface area contributed by atoms with E-state index in [1.54, 1.807) is 11.6 Å². The van der Waals surface area contributed by atoms with Crippen molar-refractivity contribution in [2.24, 2.45) is 7.05 Å². The van der Waals surface area contributed by atoms with Gasteiger partial charge in [-0.25, -0.2) is 0 Å². The van der Waals surface area contributed by atoms with Gasteiger partial charge in [0.1, 0.15) is 5.82 Å². The van der Waals surface area contributed by atoms with E-state index in [2.05, 4.69) is 20.8 Å². The molecule has 0 fully saturated rings. The molecule has 7 nitrogen and oxygen atoms in total. The first kappa shape index (κ1) is 22.5. The molecule has 4 aromatic rings. The summed E-state index contributed by atoms with van der Waals surface area (Å²) >= 11 is 1.28. The number of carbonyl (C=O) groups excluding carboxylic acids is 2. The predicted molar refractivity (Wildman–Crippen MR) is 133 cm³/mol. The van der Waals surface area contributed by atoms with Crippen molar-refractivity contribution in [1.82, 2.24) is 14.8 Å². The highest BCUT2D eigenvalue weighted by Crippen LogP contribution is 2.21. The predicted octanol–water partition coefficient (Wildman–Crippen LogP) is 4.50. The molecule has 0 saturated carbocycles. The maximum Gasteiger partial charge on any atom is 0.234 e. The monoisotopic (exact) mass is 459 g/mol. The van der Waals surface area contributed by atoms with Gasteiger partial charge in [0.2, 0.25) is 11.8 Å². The number of aromatic nitrogens is 3. The van der Waals surface area contributed by atoms with Crippen molar-refractivity contribution < 1.29 is 9.59 Å². The van der Waals surface area contributed by atoms with Crippen LogP contribution in [0.1, 0.15) is 17.0 Å². The Labute approximate surface area is 196 Å². The molecule has 1 heterocycles. The standard InChI is InChI=1S/C25H25N5O2S/c1-16-8-11-21(17(2)12-16)27-23(31)14-22-28-29-25(30(22)3)33-15-24(32)26-20-10-9-18-6-4-5-7-19(18)13-20/h4-13H,14-15H2,1-3H3,(H,26,32)(H,27,31). The molecule has 0 bridgehead atoms. The van der Waals surface area contributed by atoms with Crippen molar-refractivity contribution in [3.63, 3.8) is 0 Å². The van der Waals surface area contributed by atoms with E-state index in [0.29, 0.717) is 11.0 Å². The minimum atomic E-state index is -0.164. The van der Waals surface area contributed by atoms with E-state index in [0.717, 1.165) is 33.3 Å². The summed E-state index contributed by atoms with van der Waals surface area (Å²) < 4.78 is 1.75. The summed E-state index contributed by atoms with van der Waals surface area (Å²) in [4.78, 5) is 24.9. The molecule has 4 rings (SSSR count). The molecule has 168 valence electrons. The van der Waals surface area contributed by atoms with Crippen LogP contribution in [-0.4, -0.2) is 32.3 Å². The number of nitrogens with zero attached hydrogens (tertiary/aromatic N) is 3. The Hall–Kier alpha value is -3.65. The summed E-state index contributed by atoms with van der Waals surface area (Å²) in [6.45, 7) is 3.97. The van der Waals surface area contributed by atoms with E-state index in [4.69, 9.17) is 0 Å². The Morgan fingerprint density at radius 3 is 2.48 bits per heavy atom. The van der Waals surface area contributed by atoms with E-state index in [-0.39, 0.29) is 24.0 Å². The molecule has 0 radical (unpaired) electrons. The number of benzene rings is 3. The lowest BCUT2D eigenvalue weighted by Crippen LogP contribution is -2.18. The zero-order valence-electron chi connectivity index (χ0n) is 18.8. The molecule has 2 N–H and O–H groups in total. The second kappa shape index (κ2) is 9.87. The fraction of sp³-hybridized carbons (Fsp3) is 0.200. The van der Waals surface area contributed by atoms with Crippen molar-refractivity contribution in [3.05, 3.63) is 77.6 Å². The molecule has 0 spiro atoms. The number of rotatable bonds is 7. The number of nitrogens with one attached hydrogen (secondary N) is 2. The van der Waals surface area contributed by atoms with E-state index in [1.807, 2.05) is 74.5 Å². The van der Waals surface area contributed by atoms with E-state index < -0.39 is 0 Å². The number of hydrogen-bond donors (Lipinski definition) is 2. The zero-order chi connectivity index (χ0) is 23.4. The topological polar surface area (TPSA) is 88.9 Å². The number of thioether (sulfide) groups is 1. The van der Waals surface area contributed by atoms with Crippen LogP contribution in [-0.2, 0) is 23.1 Å². The first-order chi connectivity index (χ1) is 15.9. The van der Waals surface area contributed by atoms with Crippen molar-refractivity contribution in [2.75, 3.05) is 16.4 Å². The van der Waals surface area contributed by atoms with Crippen LogP contribution >= 0.6 is 11.8 Å². The molecular formula is C25H25N5O2S. The molecule has 33 heavy (non-hydrogen) atoms. The van der Waals surface area contributed by atoms with Crippen LogP contribution in [0.4, 0.5) is 11.4 Å². The number of fused-ring (bicyclic) bond motifs is 1. The third kappa shape index (κ3) is 5.59. The van der Waals surface area contributed by atoms with Crippen molar-refractivity contribution in [3.8, 4) is 0 Å². The van der Waals surface area contributed by atoms with Gasteiger partial charge in [-0.15, -0.1) is 10.2 Å². The quantitative estimate of drug-likeness (QED) is 0.397. The van der Waals surface area contributed by atoms with Crippen LogP contribution < -0.4 is 10.6 Å². The Morgan fingerprint density at radius 1 is 0.909 bits per heavy atom. The molecular weight excluding hydrogens is 434 g/mol. The number of aryl methyl sites for hydroxylation is 2. The normalized spacial score (nSPS) is 10.9. The summed E-state index contributed by atoms with van der Waals surface area (Å²) in [6.07, 6.45) is 0.0979. The molecule has 0 atom stereocenters. The molecule has 3 aromatic carbocycles. The largest absolute Gasteiger partial charge is 0.325 e. The lowest BCUT2D eigenvalue weighted by molar-refractivity contribution is -0.116. The van der Waals surface area contributed by atoms with Crippen molar-refractivity contribution >= 4 is 45.7 Å². The summed E-state index contributed by atoms with van der Waals surface area (Å²) in [6, 6.07) is 19.7. The maximum atomic E-state index is 12.5. The third-order valence-electron chi connectivity index (χ3n) is 5.27. The van der Waals surface area contributed by atoms with Gasteiger partial charge in [-0.2, -0.15) is 0 Å². The van der Waals surface area contributed by atoms with E-state index in [9.17, 15) is 9.59 Å². The first-order valence-corrected chi connectivity index (χ1v) is 11.5. The van der Waals surface area contributed by atoms with Gasteiger partial charge in [0.15, 0.2) is 5.16 Å². The molecule has 0 aliphatic heterocycles. The number of hydrogen-bond acceptors (Lipinski definition) is 5. The second-order valence-electron chi connectivity index (χ2n) is 7.90. The van der Waals surface area contributed by atoms with Gasteiger partial charge in [0.25, 0.3) is 0 Å². The SMILES string of the molecule is Cc1ccc(NC(=O)Cc2nnc(SCC(=O)Nc3ccc4ccccc4c3)n2C)c(C)c1. The third-order valence-corrected chi connectivity index (χ3v) is 6.29. The highest BCUT2D eigenvalue weighted by Gasteiger charge is 2.15. The van der Waals surface area contributed by atoms with Gasteiger partial charge in [0, 0.05) is 18.4 Å². The lowest BCUT2D eigenvalue weighted by atomic mass is 10.1. The maximum absolute atomic E-state index is 12.5. The minimum absolute atomic E-state index is 0.0979. The fourth-order valence-corrected chi connectivity index (χ4v) is 4.24. The van der Waals surface area contributed by atoms with Crippen molar-refractivity contribution in [1.29, 1.82) is 0 Å². The van der Waals surface area contributed by atoms with E-state index in [1.165, 1.54) is 11.8 Å². The highest BCUT2D eigenvalue weighted by molar-refractivity contribution is 7.99.